The molecule has 0 saturated carbocycles. The Balaban J connectivity index is 2.34. The van der Waals surface area contributed by atoms with Gasteiger partial charge in [-0.25, -0.2) is 0 Å². The van der Waals surface area contributed by atoms with Gasteiger partial charge in [0.15, 0.2) is 0 Å². The molecule has 3 nitrogen and oxygen atoms in total. The van der Waals surface area contributed by atoms with Crippen LogP contribution < -0.4 is 0 Å². The van der Waals surface area contributed by atoms with Crippen LogP contribution in [0.25, 0.3) is 0 Å². The standard InChI is InChI=1S/C21H42N2O/c1-4-6-8-10-12-14-21(15-13-11-9-7-5-2)23-18-16-22(17-19-23)20(3)24/h21H,4-19H2,1-3H3. The second-order valence-corrected chi connectivity index (χ2v) is 7.60. The fourth-order valence-corrected chi connectivity index (χ4v) is 3.88. The normalized spacial score (nSPS) is 16.1. The van der Waals surface area contributed by atoms with Gasteiger partial charge in [-0.1, -0.05) is 78.1 Å². The van der Waals surface area contributed by atoms with Crippen LogP contribution in [-0.2, 0) is 4.79 Å². The summed E-state index contributed by atoms with van der Waals surface area (Å²) in [6, 6.07) is 0.752. The van der Waals surface area contributed by atoms with Crippen molar-refractivity contribution < 1.29 is 4.79 Å². The quantitative estimate of drug-likeness (QED) is 0.429. The van der Waals surface area contributed by atoms with Crippen molar-refractivity contribution in [3.05, 3.63) is 0 Å². The molecule has 1 aliphatic heterocycles. The molecule has 24 heavy (non-hydrogen) atoms. The van der Waals surface area contributed by atoms with Crippen LogP contribution in [0.2, 0.25) is 0 Å². The van der Waals surface area contributed by atoms with Gasteiger partial charge in [-0.2, -0.15) is 0 Å². The predicted octanol–water partition coefficient (Wildman–Crippen LogP) is 5.24. The fourth-order valence-electron chi connectivity index (χ4n) is 3.88. The van der Waals surface area contributed by atoms with Gasteiger partial charge in [-0.15, -0.1) is 0 Å². The highest BCUT2D eigenvalue weighted by Gasteiger charge is 2.24. The third kappa shape index (κ3) is 9.05. The van der Waals surface area contributed by atoms with Gasteiger partial charge in [0.2, 0.25) is 5.91 Å². The van der Waals surface area contributed by atoms with E-state index in [-0.39, 0.29) is 5.91 Å². The van der Waals surface area contributed by atoms with Crippen molar-refractivity contribution in [2.75, 3.05) is 26.2 Å². The second-order valence-electron chi connectivity index (χ2n) is 7.60. The first-order valence-corrected chi connectivity index (χ1v) is 10.7. The van der Waals surface area contributed by atoms with E-state index >= 15 is 0 Å². The van der Waals surface area contributed by atoms with Crippen molar-refractivity contribution in [1.82, 2.24) is 9.80 Å². The lowest BCUT2D eigenvalue weighted by molar-refractivity contribution is -0.130. The minimum atomic E-state index is 0.241. The Labute approximate surface area is 151 Å². The molecule has 0 aromatic heterocycles. The lowest BCUT2D eigenvalue weighted by atomic mass is 9.98. The number of carbonyl (C=O) groups is 1. The zero-order valence-corrected chi connectivity index (χ0v) is 16.7. The highest BCUT2D eigenvalue weighted by Crippen LogP contribution is 2.20. The first-order valence-electron chi connectivity index (χ1n) is 10.7. The number of amides is 1. The fraction of sp³-hybridized carbons (Fsp3) is 0.952. The van der Waals surface area contributed by atoms with Gasteiger partial charge in [-0.05, 0) is 12.8 Å². The molecule has 0 aromatic rings. The van der Waals surface area contributed by atoms with E-state index in [2.05, 4.69) is 18.7 Å². The Morgan fingerprint density at radius 1 is 0.750 bits per heavy atom. The minimum Gasteiger partial charge on any atom is -0.340 e. The Hall–Kier alpha value is -0.570. The van der Waals surface area contributed by atoms with Crippen molar-refractivity contribution in [2.45, 2.75) is 104 Å². The number of piperazine rings is 1. The van der Waals surface area contributed by atoms with Crippen LogP contribution in [0.4, 0.5) is 0 Å². The van der Waals surface area contributed by atoms with Crippen LogP contribution in [0, 0.1) is 0 Å². The SMILES string of the molecule is CCCCCCCC(CCCCCCC)N1CCN(C(C)=O)CC1. The molecular weight excluding hydrogens is 296 g/mol. The molecule has 0 aliphatic carbocycles. The number of hydrogen-bond acceptors (Lipinski definition) is 2. The monoisotopic (exact) mass is 338 g/mol. The van der Waals surface area contributed by atoms with Gasteiger partial charge in [0.25, 0.3) is 0 Å². The first kappa shape index (κ1) is 21.5. The third-order valence-electron chi connectivity index (χ3n) is 5.56. The summed E-state index contributed by atoms with van der Waals surface area (Å²) in [7, 11) is 0. The van der Waals surface area contributed by atoms with Gasteiger partial charge >= 0.3 is 0 Å². The van der Waals surface area contributed by atoms with Crippen molar-refractivity contribution in [2.24, 2.45) is 0 Å². The van der Waals surface area contributed by atoms with Gasteiger partial charge in [0, 0.05) is 39.1 Å². The van der Waals surface area contributed by atoms with E-state index < -0.39 is 0 Å². The summed E-state index contributed by atoms with van der Waals surface area (Å²) in [4.78, 5) is 16.2. The summed E-state index contributed by atoms with van der Waals surface area (Å²) in [6.45, 7) is 10.3. The summed E-state index contributed by atoms with van der Waals surface area (Å²) in [5.41, 5.74) is 0. The van der Waals surface area contributed by atoms with Crippen LogP contribution in [0.5, 0.6) is 0 Å². The maximum absolute atomic E-state index is 11.5. The molecule has 0 atom stereocenters. The lowest BCUT2D eigenvalue weighted by Gasteiger charge is -2.39. The Morgan fingerprint density at radius 2 is 1.21 bits per heavy atom. The molecule has 0 bridgehead atoms. The number of hydrogen-bond donors (Lipinski definition) is 0. The lowest BCUT2D eigenvalue weighted by Crippen LogP contribution is -2.51. The van der Waals surface area contributed by atoms with E-state index in [1.54, 1.807) is 6.92 Å². The highest BCUT2D eigenvalue weighted by atomic mass is 16.2. The molecule has 1 rings (SSSR count). The zero-order chi connectivity index (χ0) is 17.6. The van der Waals surface area contributed by atoms with Crippen LogP contribution in [0.15, 0.2) is 0 Å². The molecule has 0 aromatic carbocycles. The van der Waals surface area contributed by atoms with Crippen molar-refractivity contribution in [1.29, 1.82) is 0 Å². The Bertz CT molecular complexity index is 297. The third-order valence-corrected chi connectivity index (χ3v) is 5.56. The van der Waals surface area contributed by atoms with Gasteiger partial charge in [0.05, 0.1) is 0 Å². The molecule has 0 N–H and O–H groups in total. The van der Waals surface area contributed by atoms with Gasteiger partial charge in [-0.3, -0.25) is 9.69 Å². The summed E-state index contributed by atoms with van der Waals surface area (Å²) in [6.07, 6.45) is 16.5. The van der Waals surface area contributed by atoms with E-state index in [0.717, 1.165) is 32.2 Å². The average molecular weight is 339 g/mol. The summed E-state index contributed by atoms with van der Waals surface area (Å²) < 4.78 is 0. The Kier molecular flexibility index (Phi) is 12.2. The smallest absolute Gasteiger partial charge is 0.219 e. The summed E-state index contributed by atoms with van der Waals surface area (Å²) in [5, 5.41) is 0. The average Bonchev–Trinajstić information content (AvgIpc) is 2.59. The maximum Gasteiger partial charge on any atom is 0.219 e. The molecule has 3 heteroatoms. The topological polar surface area (TPSA) is 23.6 Å². The second kappa shape index (κ2) is 13.7. The Morgan fingerprint density at radius 3 is 1.62 bits per heavy atom. The number of rotatable bonds is 13. The molecule has 142 valence electrons. The van der Waals surface area contributed by atoms with Crippen LogP contribution in [-0.4, -0.2) is 47.9 Å². The molecular formula is C21H42N2O. The van der Waals surface area contributed by atoms with Crippen molar-refractivity contribution in [3.63, 3.8) is 0 Å². The molecule has 0 radical (unpaired) electrons. The molecule has 1 fully saturated rings. The van der Waals surface area contributed by atoms with E-state index in [1.807, 2.05) is 4.90 Å². The molecule has 1 saturated heterocycles. The van der Waals surface area contributed by atoms with Gasteiger partial charge < -0.3 is 4.90 Å². The molecule has 0 spiro atoms. The maximum atomic E-state index is 11.5. The number of unbranched alkanes of at least 4 members (excludes halogenated alkanes) is 8. The van der Waals surface area contributed by atoms with E-state index in [4.69, 9.17) is 0 Å². The summed E-state index contributed by atoms with van der Waals surface area (Å²) in [5.74, 6) is 0.241. The van der Waals surface area contributed by atoms with Crippen LogP contribution in [0.3, 0.4) is 0 Å². The van der Waals surface area contributed by atoms with E-state index in [9.17, 15) is 4.79 Å². The summed E-state index contributed by atoms with van der Waals surface area (Å²) >= 11 is 0. The highest BCUT2D eigenvalue weighted by molar-refractivity contribution is 5.73. The molecule has 1 heterocycles. The molecule has 0 unspecified atom stereocenters. The van der Waals surface area contributed by atoms with Crippen molar-refractivity contribution >= 4 is 5.91 Å². The first-order chi connectivity index (χ1) is 11.7. The number of nitrogens with zero attached hydrogens (tertiary/aromatic N) is 2. The number of carbonyl (C=O) groups excluding carboxylic acids is 1. The largest absolute Gasteiger partial charge is 0.340 e. The van der Waals surface area contributed by atoms with E-state index in [1.165, 1.54) is 77.0 Å². The molecule has 1 amide bonds. The predicted molar refractivity (Wildman–Crippen MR) is 104 cm³/mol. The van der Waals surface area contributed by atoms with Gasteiger partial charge in [0.1, 0.15) is 0 Å². The van der Waals surface area contributed by atoms with Crippen LogP contribution >= 0.6 is 0 Å². The molecule has 1 aliphatic rings. The van der Waals surface area contributed by atoms with Crippen LogP contribution in [0.1, 0.15) is 97.8 Å². The zero-order valence-electron chi connectivity index (χ0n) is 16.7. The minimum absolute atomic E-state index is 0.241. The van der Waals surface area contributed by atoms with Crippen molar-refractivity contribution in [3.8, 4) is 0 Å². The van der Waals surface area contributed by atoms with E-state index in [0.29, 0.717) is 0 Å².